The quantitative estimate of drug-likeness (QED) is 0.543. The summed E-state index contributed by atoms with van der Waals surface area (Å²) >= 11 is 0. The molecule has 1 N–H and O–H groups in total. The van der Waals surface area contributed by atoms with Crippen LogP contribution < -0.4 is 0 Å². The Kier molecular flexibility index (Phi) is 2.36. The first-order valence-corrected chi connectivity index (χ1v) is 3.93. The predicted molar refractivity (Wildman–Crippen MR) is 41.9 cm³/mol. The van der Waals surface area contributed by atoms with E-state index in [9.17, 15) is 4.79 Å². The van der Waals surface area contributed by atoms with E-state index in [1.54, 1.807) is 0 Å². The summed E-state index contributed by atoms with van der Waals surface area (Å²) in [6.45, 7) is 0. The normalized spacial score (nSPS) is 33.6. The molecule has 56 valence electrons. The summed E-state index contributed by atoms with van der Waals surface area (Å²) in [6.07, 6.45) is 4.08. The third-order valence-electron chi connectivity index (χ3n) is 2.29. The molecule has 1 unspecified atom stereocenters. The maximum atomic E-state index is 10.5. The van der Waals surface area contributed by atoms with Crippen molar-refractivity contribution in [2.75, 3.05) is 0 Å². The molecule has 0 bridgehead atoms. The van der Waals surface area contributed by atoms with Crippen LogP contribution in [0.4, 0.5) is 0 Å². The number of carboxylic acid groups (broad SMARTS) is 1. The molecule has 2 nitrogen and oxygen atoms in total. The highest BCUT2D eigenvalue weighted by Crippen LogP contribution is 2.30. The Morgan fingerprint density at radius 2 is 2.20 bits per heavy atom. The molecule has 10 heavy (non-hydrogen) atoms. The van der Waals surface area contributed by atoms with Gasteiger partial charge in [-0.05, 0) is 12.8 Å². The summed E-state index contributed by atoms with van der Waals surface area (Å²) in [4.78, 5) is 10.5. The van der Waals surface area contributed by atoms with Crippen LogP contribution in [0.25, 0.3) is 0 Å². The molecule has 2 atom stereocenters. The van der Waals surface area contributed by atoms with Crippen LogP contribution in [0, 0.1) is 5.92 Å². The number of aliphatic carboxylic acids is 1. The Balaban J connectivity index is 2.39. The third kappa shape index (κ3) is 1.76. The minimum atomic E-state index is -0.605. The second kappa shape index (κ2) is 3.08. The van der Waals surface area contributed by atoms with Gasteiger partial charge in [0.25, 0.3) is 0 Å². The number of hydrogen-bond donors (Lipinski definition) is 1. The fourth-order valence-corrected chi connectivity index (χ4v) is 1.66. The van der Waals surface area contributed by atoms with Crippen LogP contribution in [0.1, 0.15) is 25.7 Å². The molecule has 0 radical (unpaired) electrons. The van der Waals surface area contributed by atoms with E-state index in [2.05, 4.69) is 7.85 Å². The van der Waals surface area contributed by atoms with Crippen molar-refractivity contribution in [3.05, 3.63) is 0 Å². The lowest BCUT2D eigenvalue weighted by Crippen LogP contribution is -2.19. The van der Waals surface area contributed by atoms with Crippen LogP contribution in [-0.2, 0) is 4.79 Å². The van der Waals surface area contributed by atoms with Gasteiger partial charge >= 0.3 is 5.97 Å². The van der Waals surface area contributed by atoms with Crippen molar-refractivity contribution in [2.45, 2.75) is 31.5 Å². The average molecular weight is 140 g/mol. The fourth-order valence-electron chi connectivity index (χ4n) is 1.66. The van der Waals surface area contributed by atoms with Crippen molar-refractivity contribution in [1.82, 2.24) is 0 Å². The molecule has 0 aromatic carbocycles. The molecule has 0 saturated heterocycles. The van der Waals surface area contributed by atoms with E-state index in [0.29, 0.717) is 5.82 Å². The molecule has 0 heterocycles. The Bertz CT molecular complexity index is 136. The van der Waals surface area contributed by atoms with E-state index in [-0.39, 0.29) is 5.92 Å². The third-order valence-corrected chi connectivity index (χ3v) is 2.29. The molecule has 1 saturated carbocycles. The number of carboxylic acids is 1. The lowest BCUT2D eigenvalue weighted by Gasteiger charge is -2.22. The highest BCUT2D eigenvalue weighted by Gasteiger charge is 2.23. The first kappa shape index (κ1) is 7.64. The molecule has 1 rings (SSSR count). The van der Waals surface area contributed by atoms with E-state index in [1.807, 2.05) is 0 Å². The van der Waals surface area contributed by atoms with Crippen LogP contribution in [0.15, 0.2) is 0 Å². The zero-order valence-electron chi connectivity index (χ0n) is 6.34. The second-order valence-corrected chi connectivity index (χ2v) is 3.31. The topological polar surface area (TPSA) is 37.3 Å². The van der Waals surface area contributed by atoms with Gasteiger partial charge in [-0.25, -0.2) is 0 Å². The van der Waals surface area contributed by atoms with E-state index in [0.717, 1.165) is 19.3 Å². The van der Waals surface area contributed by atoms with Crippen LogP contribution >= 0.6 is 0 Å². The predicted octanol–water partition coefficient (Wildman–Crippen LogP) is 0.683. The van der Waals surface area contributed by atoms with Crippen LogP contribution in [0.3, 0.4) is 0 Å². The molecule has 1 fully saturated rings. The molecule has 0 aromatic heterocycles. The highest BCUT2D eigenvalue weighted by molar-refractivity contribution is 6.11. The molecular formula is C7H13BO2. The summed E-state index contributed by atoms with van der Waals surface area (Å²) in [5.41, 5.74) is 0. The maximum Gasteiger partial charge on any atom is 0.306 e. The SMILES string of the molecule is B[C@@H]1CCCC(C(=O)O)C1. The standard InChI is InChI=1S/C7H13BO2/c8-6-3-1-2-5(4-6)7(9)10/h5-6H,1-4,8H2,(H,9,10)/t5?,6-/m1/s1. The molecule has 1 aliphatic rings. The Morgan fingerprint density at radius 1 is 1.50 bits per heavy atom. The average Bonchev–Trinajstić information content (AvgIpc) is 1.88. The first-order valence-electron chi connectivity index (χ1n) is 3.93. The van der Waals surface area contributed by atoms with Crippen molar-refractivity contribution >= 4 is 13.8 Å². The van der Waals surface area contributed by atoms with Gasteiger partial charge in [0.1, 0.15) is 7.85 Å². The van der Waals surface area contributed by atoms with E-state index < -0.39 is 5.97 Å². The van der Waals surface area contributed by atoms with Gasteiger partial charge < -0.3 is 5.11 Å². The van der Waals surface area contributed by atoms with Gasteiger partial charge in [-0.3, -0.25) is 4.79 Å². The second-order valence-electron chi connectivity index (χ2n) is 3.31. The molecule has 0 aliphatic heterocycles. The van der Waals surface area contributed by atoms with Gasteiger partial charge in [-0.2, -0.15) is 0 Å². The first-order chi connectivity index (χ1) is 4.70. The van der Waals surface area contributed by atoms with Gasteiger partial charge in [0.15, 0.2) is 0 Å². The minimum Gasteiger partial charge on any atom is -0.481 e. The monoisotopic (exact) mass is 140 g/mol. The number of carbonyl (C=O) groups is 1. The zero-order chi connectivity index (χ0) is 7.56. The number of rotatable bonds is 1. The zero-order valence-corrected chi connectivity index (χ0v) is 6.34. The molecule has 3 heteroatoms. The molecule has 0 aromatic rings. The fraction of sp³-hybridized carbons (Fsp3) is 0.857. The number of hydrogen-bond acceptors (Lipinski definition) is 1. The van der Waals surface area contributed by atoms with E-state index in [4.69, 9.17) is 5.11 Å². The lowest BCUT2D eigenvalue weighted by atomic mass is 9.71. The largest absolute Gasteiger partial charge is 0.481 e. The van der Waals surface area contributed by atoms with Crippen molar-refractivity contribution in [3.8, 4) is 0 Å². The molecular weight excluding hydrogens is 127 g/mol. The van der Waals surface area contributed by atoms with Gasteiger partial charge in [0.05, 0.1) is 5.92 Å². The van der Waals surface area contributed by atoms with E-state index >= 15 is 0 Å². The molecule has 0 amide bonds. The highest BCUT2D eigenvalue weighted by atomic mass is 16.4. The lowest BCUT2D eigenvalue weighted by molar-refractivity contribution is -0.142. The summed E-state index contributed by atoms with van der Waals surface area (Å²) < 4.78 is 0. The summed E-state index contributed by atoms with van der Waals surface area (Å²) in [6, 6.07) is 0. The van der Waals surface area contributed by atoms with Crippen molar-refractivity contribution in [1.29, 1.82) is 0 Å². The van der Waals surface area contributed by atoms with Gasteiger partial charge in [0, 0.05) is 0 Å². The Labute approximate surface area is 62.0 Å². The van der Waals surface area contributed by atoms with Gasteiger partial charge in [0.2, 0.25) is 0 Å². The van der Waals surface area contributed by atoms with Crippen LogP contribution in [0.5, 0.6) is 0 Å². The van der Waals surface area contributed by atoms with Crippen molar-refractivity contribution in [3.63, 3.8) is 0 Å². The van der Waals surface area contributed by atoms with Gasteiger partial charge in [-0.15, -0.1) is 0 Å². The summed E-state index contributed by atoms with van der Waals surface area (Å²) in [7, 11) is 2.13. The summed E-state index contributed by atoms with van der Waals surface area (Å²) in [5, 5.41) is 8.66. The maximum absolute atomic E-state index is 10.5. The smallest absolute Gasteiger partial charge is 0.306 e. The minimum absolute atomic E-state index is 0.0521. The van der Waals surface area contributed by atoms with E-state index in [1.165, 1.54) is 6.42 Å². The van der Waals surface area contributed by atoms with Gasteiger partial charge in [-0.1, -0.05) is 18.7 Å². The van der Waals surface area contributed by atoms with Crippen LogP contribution in [-0.4, -0.2) is 18.9 Å². The Hall–Kier alpha value is -0.465. The van der Waals surface area contributed by atoms with Crippen molar-refractivity contribution in [2.24, 2.45) is 5.92 Å². The summed E-state index contributed by atoms with van der Waals surface area (Å²) in [5.74, 6) is -0.0369. The van der Waals surface area contributed by atoms with Crippen LogP contribution in [0.2, 0.25) is 5.82 Å². The Morgan fingerprint density at radius 3 is 2.60 bits per heavy atom. The molecule has 1 aliphatic carbocycles. The van der Waals surface area contributed by atoms with Crippen molar-refractivity contribution < 1.29 is 9.90 Å². The molecule has 0 spiro atoms.